The molecule has 20 heavy (non-hydrogen) atoms. The van der Waals surface area contributed by atoms with Gasteiger partial charge in [-0.1, -0.05) is 32.0 Å². The van der Waals surface area contributed by atoms with E-state index in [1.54, 1.807) is 0 Å². The fraction of sp³-hybridized carbons (Fsp3) is 0.562. The summed E-state index contributed by atoms with van der Waals surface area (Å²) in [7, 11) is 0. The third-order valence-corrected chi connectivity index (χ3v) is 3.78. The summed E-state index contributed by atoms with van der Waals surface area (Å²) < 4.78 is 11.6. The van der Waals surface area contributed by atoms with Gasteiger partial charge in [-0.05, 0) is 31.4 Å². The molecule has 0 spiro atoms. The summed E-state index contributed by atoms with van der Waals surface area (Å²) in [6.07, 6.45) is 0.328. The van der Waals surface area contributed by atoms with Gasteiger partial charge in [0, 0.05) is 6.42 Å². The predicted octanol–water partition coefficient (Wildman–Crippen LogP) is 2.30. The Bertz CT molecular complexity index is 496. The smallest absolute Gasteiger partial charge is 0.323 e. The highest BCUT2D eigenvalue weighted by Gasteiger charge is 2.40. The number of carbonyl (C=O) groups excluding carboxylic acids is 1. The molecule has 1 aromatic carbocycles. The molecule has 4 heteroatoms. The number of rotatable bonds is 3. The first-order valence-corrected chi connectivity index (χ1v) is 7.04. The van der Waals surface area contributed by atoms with Crippen molar-refractivity contribution in [2.75, 3.05) is 0 Å². The zero-order chi connectivity index (χ0) is 14.9. The van der Waals surface area contributed by atoms with E-state index in [1.807, 2.05) is 52.0 Å². The van der Waals surface area contributed by atoms with E-state index in [2.05, 4.69) is 0 Å². The fourth-order valence-electron chi connectivity index (χ4n) is 2.24. The first kappa shape index (κ1) is 14.9. The Morgan fingerprint density at radius 3 is 2.70 bits per heavy atom. The van der Waals surface area contributed by atoms with Crippen molar-refractivity contribution in [3.63, 3.8) is 0 Å². The summed E-state index contributed by atoms with van der Waals surface area (Å²) in [5.41, 5.74) is 6.35. The molecule has 1 unspecified atom stereocenters. The van der Waals surface area contributed by atoms with Crippen LogP contribution in [0.25, 0.3) is 0 Å². The number of esters is 1. The largest absolute Gasteiger partial charge is 0.484 e. The third kappa shape index (κ3) is 2.96. The van der Waals surface area contributed by atoms with Crippen molar-refractivity contribution in [2.24, 2.45) is 11.7 Å². The van der Waals surface area contributed by atoms with Crippen LogP contribution in [0.15, 0.2) is 24.3 Å². The van der Waals surface area contributed by atoms with Gasteiger partial charge in [-0.3, -0.25) is 4.79 Å². The van der Waals surface area contributed by atoms with Crippen LogP contribution >= 0.6 is 0 Å². The lowest BCUT2D eigenvalue weighted by atomic mass is 9.91. The molecular weight excluding hydrogens is 254 g/mol. The molecule has 0 amide bonds. The molecule has 2 atom stereocenters. The molecule has 1 aliphatic rings. The predicted molar refractivity (Wildman–Crippen MR) is 77.5 cm³/mol. The Morgan fingerprint density at radius 1 is 1.40 bits per heavy atom. The molecule has 2 rings (SSSR count). The maximum Gasteiger partial charge on any atom is 0.323 e. The van der Waals surface area contributed by atoms with Crippen molar-refractivity contribution in [2.45, 2.75) is 51.9 Å². The summed E-state index contributed by atoms with van der Waals surface area (Å²) in [5, 5.41) is 0. The SMILES string of the molecule is CC(C)[C@@H](N)C(=O)OC1Cc2ccccc2OC1(C)C. The minimum atomic E-state index is -0.594. The molecule has 0 fully saturated rings. The molecule has 0 saturated heterocycles. The molecule has 1 heterocycles. The van der Waals surface area contributed by atoms with Gasteiger partial charge in [0.05, 0.1) is 0 Å². The van der Waals surface area contributed by atoms with Crippen LogP contribution in [0.3, 0.4) is 0 Å². The standard InChI is InChI=1S/C16H23NO3/c1-10(2)14(17)15(18)19-13-9-11-7-5-6-8-12(11)20-16(13,3)4/h5-8,10,13-14H,9,17H2,1-4H3/t13?,14-/m1/s1. The van der Waals surface area contributed by atoms with Gasteiger partial charge >= 0.3 is 5.97 Å². The molecule has 110 valence electrons. The summed E-state index contributed by atoms with van der Waals surface area (Å²) in [6, 6.07) is 7.24. The van der Waals surface area contributed by atoms with Crippen molar-refractivity contribution < 1.29 is 14.3 Å². The first-order chi connectivity index (χ1) is 9.31. The third-order valence-electron chi connectivity index (χ3n) is 3.78. The Labute approximate surface area is 120 Å². The molecule has 2 N–H and O–H groups in total. The van der Waals surface area contributed by atoms with Crippen LogP contribution < -0.4 is 10.5 Å². The van der Waals surface area contributed by atoms with Crippen LogP contribution in [0.1, 0.15) is 33.3 Å². The van der Waals surface area contributed by atoms with Crippen LogP contribution in [0.4, 0.5) is 0 Å². The van der Waals surface area contributed by atoms with E-state index in [-0.39, 0.29) is 18.0 Å². The highest BCUT2D eigenvalue weighted by Crippen LogP contribution is 2.34. The van der Waals surface area contributed by atoms with Crippen molar-refractivity contribution >= 4 is 5.97 Å². The highest BCUT2D eigenvalue weighted by molar-refractivity contribution is 5.76. The zero-order valence-corrected chi connectivity index (χ0v) is 12.6. The van der Waals surface area contributed by atoms with Crippen molar-refractivity contribution in [3.8, 4) is 5.75 Å². The Kier molecular flexibility index (Phi) is 4.04. The molecule has 1 aromatic rings. The average Bonchev–Trinajstić information content (AvgIpc) is 2.37. The lowest BCUT2D eigenvalue weighted by molar-refractivity contribution is -0.163. The van der Waals surface area contributed by atoms with Gasteiger partial charge in [0.15, 0.2) is 0 Å². The number of hydrogen-bond donors (Lipinski definition) is 1. The quantitative estimate of drug-likeness (QED) is 0.861. The number of ether oxygens (including phenoxy) is 2. The molecule has 1 aliphatic heterocycles. The van der Waals surface area contributed by atoms with Gasteiger partial charge in [-0.25, -0.2) is 0 Å². The summed E-state index contributed by atoms with van der Waals surface area (Å²) in [4.78, 5) is 12.0. The van der Waals surface area contributed by atoms with Crippen LogP contribution in [0, 0.1) is 5.92 Å². The molecule has 0 saturated carbocycles. The molecule has 0 radical (unpaired) electrons. The second-order valence-corrected chi connectivity index (χ2v) is 6.21. The number of nitrogens with two attached hydrogens (primary N) is 1. The van der Waals surface area contributed by atoms with Crippen molar-refractivity contribution in [1.82, 2.24) is 0 Å². The number of carbonyl (C=O) groups is 1. The zero-order valence-electron chi connectivity index (χ0n) is 12.6. The normalized spacial score (nSPS) is 21.8. The van der Waals surface area contributed by atoms with Gasteiger partial charge in [0.1, 0.15) is 23.5 Å². The monoisotopic (exact) mass is 277 g/mol. The summed E-state index contributed by atoms with van der Waals surface area (Å²) >= 11 is 0. The van der Waals surface area contributed by atoms with Gasteiger partial charge in [-0.15, -0.1) is 0 Å². The van der Waals surface area contributed by atoms with E-state index in [1.165, 1.54) is 0 Å². The molecule has 0 aromatic heterocycles. The average molecular weight is 277 g/mol. The minimum absolute atomic E-state index is 0.0578. The van der Waals surface area contributed by atoms with Crippen molar-refractivity contribution in [1.29, 1.82) is 0 Å². The van der Waals surface area contributed by atoms with Gasteiger partial charge in [0.2, 0.25) is 0 Å². The second-order valence-electron chi connectivity index (χ2n) is 6.21. The number of para-hydroxylation sites is 1. The van der Waals surface area contributed by atoms with E-state index in [0.717, 1.165) is 11.3 Å². The number of fused-ring (bicyclic) bond motifs is 1. The minimum Gasteiger partial charge on any atom is -0.484 e. The molecule has 0 bridgehead atoms. The van der Waals surface area contributed by atoms with Crippen LogP contribution in [-0.4, -0.2) is 23.7 Å². The van der Waals surface area contributed by atoms with E-state index in [0.29, 0.717) is 6.42 Å². The van der Waals surface area contributed by atoms with E-state index >= 15 is 0 Å². The first-order valence-electron chi connectivity index (χ1n) is 7.04. The van der Waals surface area contributed by atoms with Gasteiger partial charge < -0.3 is 15.2 Å². The Balaban J connectivity index is 2.15. The van der Waals surface area contributed by atoms with E-state index in [9.17, 15) is 4.79 Å². The summed E-state index contributed by atoms with van der Waals surface area (Å²) in [5.74, 6) is 0.557. The Morgan fingerprint density at radius 2 is 2.05 bits per heavy atom. The molecule has 0 aliphatic carbocycles. The van der Waals surface area contributed by atoms with Gasteiger partial charge in [-0.2, -0.15) is 0 Å². The second kappa shape index (κ2) is 5.44. The highest BCUT2D eigenvalue weighted by atomic mass is 16.6. The van der Waals surface area contributed by atoms with Crippen LogP contribution in [-0.2, 0) is 16.0 Å². The molecule has 4 nitrogen and oxygen atoms in total. The lowest BCUT2D eigenvalue weighted by Gasteiger charge is -2.39. The topological polar surface area (TPSA) is 61.6 Å². The van der Waals surface area contributed by atoms with Crippen molar-refractivity contribution in [3.05, 3.63) is 29.8 Å². The number of benzene rings is 1. The maximum atomic E-state index is 12.0. The Hall–Kier alpha value is -1.55. The van der Waals surface area contributed by atoms with Gasteiger partial charge in [0.25, 0.3) is 0 Å². The summed E-state index contributed by atoms with van der Waals surface area (Å²) in [6.45, 7) is 7.68. The number of hydrogen-bond acceptors (Lipinski definition) is 4. The van der Waals surface area contributed by atoms with Crippen LogP contribution in [0.2, 0.25) is 0 Å². The van der Waals surface area contributed by atoms with E-state index in [4.69, 9.17) is 15.2 Å². The molecular formula is C16H23NO3. The van der Waals surface area contributed by atoms with E-state index < -0.39 is 11.6 Å². The maximum absolute atomic E-state index is 12.0. The lowest BCUT2D eigenvalue weighted by Crippen LogP contribution is -2.51. The fourth-order valence-corrected chi connectivity index (χ4v) is 2.24. The van der Waals surface area contributed by atoms with Crippen LogP contribution in [0.5, 0.6) is 5.75 Å².